The lowest BCUT2D eigenvalue weighted by molar-refractivity contribution is -0.132. The standard InChI is InChI=1S/C20H23N5O/c1-16-21-10-13-24(16)19-4-2-11-23(15-19)20(26)14-17-5-7-18(8-6-17)25-12-3-9-22-25/h3,5-10,12-13,19H,2,4,11,14-15H2,1H3/t19-/m1/s1. The summed E-state index contributed by atoms with van der Waals surface area (Å²) in [5.41, 5.74) is 2.03. The van der Waals surface area contributed by atoms with Gasteiger partial charge in [-0.3, -0.25) is 4.79 Å². The molecule has 1 atom stereocenters. The van der Waals surface area contributed by atoms with Gasteiger partial charge >= 0.3 is 0 Å². The summed E-state index contributed by atoms with van der Waals surface area (Å²) >= 11 is 0. The fourth-order valence-corrected chi connectivity index (χ4v) is 3.66. The first-order chi connectivity index (χ1) is 12.7. The number of hydrogen-bond acceptors (Lipinski definition) is 3. The summed E-state index contributed by atoms with van der Waals surface area (Å²) < 4.78 is 4.01. The first-order valence-electron chi connectivity index (χ1n) is 9.07. The molecule has 0 radical (unpaired) electrons. The molecule has 3 heterocycles. The van der Waals surface area contributed by atoms with Gasteiger partial charge in [-0.2, -0.15) is 5.10 Å². The first kappa shape index (κ1) is 16.6. The summed E-state index contributed by atoms with van der Waals surface area (Å²) in [5.74, 6) is 1.21. The molecular formula is C20H23N5O. The number of benzene rings is 1. The van der Waals surface area contributed by atoms with Gasteiger partial charge < -0.3 is 9.47 Å². The molecule has 0 bridgehead atoms. The molecular weight excluding hydrogens is 326 g/mol. The number of aromatic nitrogens is 4. The number of carbonyl (C=O) groups excluding carboxylic acids is 1. The Morgan fingerprint density at radius 3 is 2.73 bits per heavy atom. The molecule has 0 saturated carbocycles. The van der Waals surface area contributed by atoms with Crippen LogP contribution in [0.25, 0.3) is 5.69 Å². The molecule has 1 aromatic carbocycles. The Kier molecular flexibility index (Phi) is 4.56. The fourth-order valence-electron chi connectivity index (χ4n) is 3.66. The highest BCUT2D eigenvalue weighted by Crippen LogP contribution is 2.23. The van der Waals surface area contributed by atoms with Gasteiger partial charge in [-0.05, 0) is 43.5 Å². The Morgan fingerprint density at radius 2 is 2.04 bits per heavy atom. The highest BCUT2D eigenvalue weighted by Gasteiger charge is 2.25. The predicted octanol–water partition coefficient (Wildman–Crippen LogP) is 2.78. The highest BCUT2D eigenvalue weighted by atomic mass is 16.2. The molecule has 0 N–H and O–H groups in total. The molecule has 6 nitrogen and oxygen atoms in total. The van der Waals surface area contributed by atoms with Gasteiger partial charge in [0.2, 0.25) is 5.91 Å². The number of carbonyl (C=O) groups is 1. The Bertz CT molecular complexity index is 866. The number of rotatable bonds is 4. The van der Waals surface area contributed by atoms with Crippen LogP contribution in [0.15, 0.2) is 55.1 Å². The fraction of sp³-hybridized carbons (Fsp3) is 0.350. The smallest absolute Gasteiger partial charge is 0.227 e. The summed E-state index contributed by atoms with van der Waals surface area (Å²) in [7, 11) is 0. The second-order valence-corrected chi connectivity index (χ2v) is 6.81. The molecule has 26 heavy (non-hydrogen) atoms. The summed E-state index contributed by atoms with van der Waals surface area (Å²) in [6, 6.07) is 10.3. The monoisotopic (exact) mass is 349 g/mol. The van der Waals surface area contributed by atoms with Crippen molar-refractivity contribution in [2.75, 3.05) is 13.1 Å². The molecule has 0 aliphatic carbocycles. The number of amides is 1. The SMILES string of the molecule is Cc1nccn1[C@@H]1CCCN(C(=O)Cc2ccc(-n3cccn3)cc2)C1. The minimum absolute atomic E-state index is 0.194. The van der Waals surface area contributed by atoms with E-state index in [4.69, 9.17) is 0 Å². The normalized spacial score (nSPS) is 17.4. The van der Waals surface area contributed by atoms with Crippen molar-refractivity contribution in [3.05, 3.63) is 66.5 Å². The molecule has 1 aliphatic rings. The highest BCUT2D eigenvalue weighted by molar-refractivity contribution is 5.79. The summed E-state index contributed by atoms with van der Waals surface area (Å²) in [5, 5.41) is 4.22. The Morgan fingerprint density at radius 1 is 1.19 bits per heavy atom. The largest absolute Gasteiger partial charge is 0.340 e. The summed E-state index contributed by atoms with van der Waals surface area (Å²) in [6.07, 6.45) is 10.1. The molecule has 3 aromatic rings. The Balaban J connectivity index is 1.40. The van der Waals surface area contributed by atoms with E-state index in [-0.39, 0.29) is 5.91 Å². The van der Waals surface area contributed by atoms with E-state index in [1.807, 2.05) is 65.4 Å². The minimum Gasteiger partial charge on any atom is -0.340 e. The molecule has 6 heteroatoms. The van der Waals surface area contributed by atoms with E-state index in [1.165, 1.54) is 0 Å². The quantitative estimate of drug-likeness (QED) is 0.728. The van der Waals surface area contributed by atoms with Gasteiger partial charge in [0.05, 0.1) is 18.2 Å². The van der Waals surface area contributed by atoms with E-state index in [2.05, 4.69) is 14.6 Å². The maximum Gasteiger partial charge on any atom is 0.227 e. The first-order valence-corrected chi connectivity index (χ1v) is 9.07. The van der Waals surface area contributed by atoms with Gasteiger partial charge in [-0.1, -0.05) is 12.1 Å². The molecule has 0 spiro atoms. The molecule has 0 unspecified atom stereocenters. The maximum atomic E-state index is 12.8. The molecule has 1 fully saturated rings. The van der Waals surface area contributed by atoms with Crippen LogP contribution in [-0.4, -0.2) is 43.2 Å². The summed E-state index contributed by atoms with van der Waals surface area (Å²) in [4.78, 5) is 19.1. The zero-order valence-electron chi connectivity index (χ0n) is 15.0. The molecule has 1 aliphatic heterocycles. The van der Waals surface area contributed by atoms with Gasteiger partial charge in [0.15, 0.2) is 0 Å². The summed E-state index contributed by atoms with van der Waals surface area (Å²) in [6.45, 7) is 3.62. The third-order valence-corrected chi connectivity index (χ3v) is 5.07. The predicted molar refractivity (Wildman–Crippen MR) is 99.1 cm³/mol. The Hall–Kier alpha value is -2.89. The van der Waals surface area contributed by atoms with Gasteiger partial charge in [-0.15, -0.1) is 0 Å². The minimum atomic E-state index is 0.194. The van der Waals surface area contributed by atoms with Crippen molar-refractivity contribution in [2.45, 2.75) is 32.2 Å². The second kappa shape index (κ2) is 7.15. The van der Waals surface area contributed by atoms with E-state index >= 15 is 0 Å². The molecule has 2 aromatic heterocycles. The van der Waals surface area contributed by atoms with E-state index in [0.29, 0.717) is 12.5 Å². The lowest BCUT2D eigenvalue weighted by Gasteiger charge is -2.34. The second-order valence-electron chi connectivity index (χ2n) is 6.81. The van der Waals surface area contributed by atoms with Gasteiger partial charge in [0.25, 0.3) is 0 Å². The van der Waals surface area contributed by atoms with Crippen molar-refractivity contribution in [3.63, 3.8) is 0 Å². The maximum absolute atomic E-state index is 12.8. The van der Waals surface area contributed by atoms with Crippen molar-refractivity contribution in [3.8, 4) is 5.69 Å². The van der Waals surface area contributed by atoms with Crippen LogP contribution in [0.5, 0.6) is 0 Å². The van der Waals surface area contributed by atoms with Gasteiger partial charge in [-0.25, -0.2) is 9.67 Å². The van der Waals surface area contributed by atoms with Crippen LogP contribution >= 0.6 is 0 Å². The molecule has 1 amide bonds. The van der Waals surface area contributed by atoms with Crippen LogP contribution < -0.4 is 0 Å². The zero-order valence-corrected chi connectivity index (χ0v) is 15.0. The van der Waals surface area contributed by atoms with E-state index in [9.17, 15) is 4.79 Å². The number of piperidine rings is 1. The van der Waals surface area contributed by atoms with E-state index < -0.39 is 0 Å². The third-order valence-electron chi connectivity index (χ3n) is 5.07. The zero-order chi connectivity index (χ0) is 17.9. The number of hydrogen-bond donors (Lipinski definition) is 0. The lowest BCUT2D eigenvalue weighted by Crippen LogP contribution is -2.41. The van der Waals surface area contributed by atoms with Crippen LogP contribution in [0.3, 0.4) is 0 Å². The molecule has 134 valence electrons. The van der Waals surface area contributed by atoms with Crippen LogP contribution in [0.2, 0.25) is 0 Å². The lowest BCUT2D eigenvalue weighted by atomic mass is 10.0. The van der Waals surface area contributed by atoms with Crippen molar-refractivity contribution in [1.29, 1.82) is 0 Å². The average Bonchev–Trinajstić information content (AvgIpc) is 3.34. The van der Waals surface area contributed by atoms with E-state index in [0.717, 1.165) is 43.0 Å². The van der Waals surface area contributed by atoms with Crippen molar-refractivity contribution in [2.24, 2.45) is 0 Å². The van der Waals surface area contributed by atoms with Gasteiger partial charge in [0.1, 0.15) is 5.82 Å². The van der Waals surface area contributed by atoms with Crippen molar-refractivity contribution in [1.82, 2.24) is 24.2 Å². The molecule has 4 rings (SSSR count). The van der Waals surface area contributed by atoms with Gasteiger partial charge in [0, 0.05) is 37.9 Å². The Labute approximate surface area is 153 Å². The van der Waals surface area contributed by atoms with Crippen molar-refractivity contribution < 1.29 is 4.79 Å². The van der Waals surface area contributed by atoms with Crippen molar-refractivity contribution >= 4 is 5.91 Å². The number of likely N-dealkylation sites (tertiary alicyclic amines) is 1. The molecule has 1 saturated heterocycles. The third kappa shape index (κ3) is 3.40. The topological polar surface area (TPSA) is 56.0 Å². The van der Waals surface area contributed by atoms with Crippen LogP contribution in [0.1, 0.15) is 30.3 Å². The van der Waals surface area contributed by atoms with Crippen LogP contribution in [0, 0.1) is 6.92 Å². The van der Waals surface area contributed by atoms with Crippen LogP contribution in [-0.2, 0) is 11.2 Å². The van der Waals surface area contributed by atoms with E-state index in [1.54, 1.807) is 6.20 Å². The number of imidazole rings is 1. The van der Waals surface area contributed by atoms with Crippen LogP contribution in [0.4, 0.5) is 0 Å². The number of nitrogens with zero attached hydrogens (tertiary/aromatic N) is 5. The number of aryl methyl sites for hydroxylation is 1. The average molecular weight is 349 g/mol.